The Morgan fingerprint density at radius 2 is 1.66 bits per heavy atom. The van der Waals surface area contributed by atoms with E-state index in [0.29, 0.717) is 28.8 Å². The molecule has 5 rings (SSSR count). The van der Waals surface area contributed by atoms with Crippen molar-refractivity contribution in [3.8, 4) is 5.69 Å². The number of amides is 2. The van der Waals surface area contributed by atoms with Crippen LogP contribution in [0, 0.1) is 25.5 Å². The fourth-order valence-electron chi connectivity index (χ4n) is 4.83. The Labute approximate surface area is 236 Å². The van der Waals surface area contributed by atoms with Gasteiger partial charge in [-0.15, -0.1) is 0 Å². The summed E-state index contributed by atoms with van der Waals surface area (Å²) in [7, 11) is 0. The van der Waals surface area contributed by atoms with Gasteiger partial charge in [-0.2, -0.15) is 0 Å². The number of nitrogens with one attached hydrogen (secondary N) is 1. The van der Waals surface area contributed by atoms with E-state index in [1.807, 2.05) is 62.4 Å². The minimum Gasteiger partial charge on any atom is -0.314 e. The summed E-state index contributed by atoms with van der Waals surface area (Å²) in [6.07, 6.45) is 0.506. The summed E-state index contributed by atoms with van der Waals surface area (Å²) in [6, 6.07) is 24.1. The number of fused-ring (bicyclic) bond motifs is 1. The molecule has 0 spiro atoms. The molecule has 208 valence electrons. The summed E-state index contributed by atoms with van der Waals surface area (Å²) in [6.45, 7) is 6.00. The van der Waals surface area contributed by atoms with Crippen molar-refractivity contribution in [2.75, 3.05) is 11.9 Å². The lowest BCUT2D eigenvalue weighted by atomic mass is 10.1. The number of nitrogens with zero attached hydrogens (tertiary/aromatic N) is 3. The molecule has 1 aromatic heterocycles. The first-order valence-electron chi connectivity index (χ1n) is 13.4. The standard InChI is InChI=1S/C33H30F2N4O2/c1-21-13-15-26(19-22(21)2)39-31(36-29-12-8-7-11-27(29)32(39)40)23(3)38(18-17-24-9-5-4-6-10-24)33(41)37-30-16-14-25(34)20-28(30)35/h4-16,19-20,23H,17-18H2,1-3H3,(H,37,41). The fourth-order valence-corrected chi connectivity index (χ4v) is 4.83. The molecular formula is C33H30F2N4O2. The third-order valence-corrected chi connectivity index (χ3v) is 7.31. The average Bonchev–Trinajstić information content (AvgIpc) is 2.96. The van der Waals surface area contributed by atoms with E-state index in [-0.39, 0.29) is 17.8 Å². The first kappa shape index (κ1) is 27.7. The SMILES string of the molecule is Cc1ccc(-n2c(C(C)N(CCc3ccccc3)C(=O)Nc3ccc(F)cc3F)nc3ccccc3c2=O)cc1C. The van der Waals surface area contributed by atoms with Crippen LogP contribution in [0.1, 0.15) is 35.5 Å². The normalized spacial score (nSPS) is 11.8. The van der Waals surface area contributed by atoms with Crippen molar-refractivity contribution in [3.05, 3.63) is 135 Å². The molecule has 1 heterocycles. The number of hydrogen-bond acceptors (Lipinski definition) is 3. The lowest BCUT2D eigenvalue weighted by Gasteiger charge is -2.31. The van der Waals surface area contributed by atoms with Gasteiger partial charge in [0.15, 0.2) is 0 Å². The second kappa shape index (κ2) is 11.7. The number of benzene rings is 4. The third-order valence-electron chi connectivity index (χ3n) is 7.31. The van der Waals surface area contributed by atoms with E-state index in [4.69, 9.17) is 4.98 Å². The van der Waals surface area contributed by atoms with Gasteiger partial charge in [0.2, 0.25) is 0 Å². The van der Waals surface area contributed by atoms with Crippen LogP contribution in [-0.4, -0.2) is 27.0 Å². The number of hydrogen-bond donors (Lipinski definition) is 1. The van der Waals surface area contributed by atoms with E-state index < -0.39 is 23.7 Å². The van der Waals surface area contributed by atoms with Crippen LogP contribution < -0.4 is 10.9 Å². The van der Waals surface area contributed by atoms with Gasteiger partial charge in [-0.05, 0) is 80.3 Å². The molecule has 0 aliphatic heterocycles. The van der Waals surface area contributed by atoms with E-state index in [2.05, 4.69) is 5.32 Å². The average molecular weight is 553 g/mol. The van der Waals surface area contributed by atoms with Crippen LogP contribution in [0.5, 0.6) is 0 Å². The molecule has 6 nitrogen and oxygen atoms in total. The molecule has 5 aromatic rings. The summed E-state index contributed by atoms with van der Waals surface area (Å²) < 4.78 is 29.6. The van der Waals surface area contributed by atoms with Gasteiger partial charge in [-0.25, -0.2) is 18.6 Å². The van der Waals surface area contributed by atoms with Crippen LogP contribution in [0.4, 0.5) is 19.3 Å². The zero-order chi connectivity index (χ0) is 29.1. The Morgan fingerprint density at radius 3 is 2.39 bits per heavy atom. The number of aryl methyl sites for hydroxylation is 2. The highest BCUT2D eigenvalue weighted by Crippen LogP contribution is 2.26. The Hall–Kier alpha value is -4.85. The zero-order valence-electron chi connectivity index (χ0n) is 23.1. The van der Waals surface area contributed by atoms with E-state index >= 15 is 0 Å². The third kappa shape index (κ3) is 5.87. The molecule has 4 aromatic carbocycles. The summed E-state index contributed by atoms with van der Waals surface area (Å²) in [5.41, 5.74) is 3.82. The largest absolute Gasteiger partial charge is 0.322 e. The van der Waals surface area contributed by atoms with Gasteiger partial charge >= 0.3 is 6.03 Å². The lowest BCUT2D eigenvalue weighted by molar-refractivity contribution is 0.190. The number of urea groups is 1. The summed E-state index contributed by atoms with van der Waals surface area (Å²) in [5, 5.41) is 3.04. The van der Waals surface area contributed by atoms with Crippen LogP contribution >= 0.6 is 0 Å². The van der Waals surface area contributed by atoms with E-state index in [1.54, 1.807) is 35.8 Å². The van der Waals surface area contributed by atoms with Gasteiger partial charge in [-0.1, -0.05) is 48.5 Å². The van der Waals surface area contributed by atoms with Crippen molar-refractivity contribution in [1.29, 1.82) is 0 Å². The number of anilines is 1. The second-order valence-corrected chi connectivity index (χ2v) is 10.1. The number of halogens is 2. The van der Waals surface area contributed by atoms with Crippen LogP contribution in [-0.2, 0) is 6.42 Å². The van der Waals surface area contributed by atoms with Crippen LogP contribution in [0.2, 0.25) is 0 Å². The summed E-state index contributed by atoms with van der Waals surface area (Å²) >= 11 is 0. The molecule has 0 aliphatic rings. The van der Waals surface area contributed by atoms with Gasteiger partial charge < -0.3 is 10.2 Å². The van der Waals surface area contributed by atoms with E-state index in [0.717, 1.165) is 28.8 Å². The fraction of sp³-hybridized carbons (Fsp3) is 0.182. The Kier molecular flexibility index (Phi) is 7.92. The molecule has 1 N–H and O–H groups in total. The molecule has 0 fully saturated rings. The van der Waals surface area contributed by atoms with E-state index in [1.165, 1.54) is 11.0 Å². The highest BCUT2D eigenvalue weighted by Gasteiger charge is 2.27. The van der Waals surface area contributed by atoms with Gasteiger partial charge in [0.1, 0.15) is 17.5 Å². The Morgan fingerprint density at radius 1 is 0.927 bits per heavy atom. The molecule has 2 amide bonds. The van der Waals surface area contributed by atoms with Crippen molar-refractivity contribution >= 4 is 22.6 Å². The van der Waals surface area contributed by atoms with Crippen LogP contribution in [0.3, 0.4) is 0 Å². The molecule has 8 heteroatoms. The van der Waals surface area contributed by atoms with Gasteiger partial charge in [0.05, 0.1) is 28.3 Å². The van der Waals surface area contributed by atoms with Gasteiger partial charge in [0, 0.05) is 12.6 Å². The summed E-state index contributed by atoms with van der Waals surface area (Å²) in [5.74, 6) is -1.27. The van der Waals surface area contributed by atoms with Gasteiger partial charge in [0.25, 0.3) is 5.56 Å². The number of carbonyl (C=O) groups is 1. The Bertz CT molecular complexity index is 1790. The molecule has 0 bridgehead atoms. The predicted molar refractivity (Wildman–Crippen MR) is 157 cm³/mol. The number of carbonyl (C=O) groups excluding carboxylic acids is 1. The molecule has 0 saturated carbocycles. The van der Waals surface area contributed by atoms with Gasteiger partial charge in [-0.3, -0.25) is 9.36 Å². The number of rotatable bonds is 7. The maximum absolute atomic E-state index is 14.5. The van der Waals surface area contributed by atoms with Crippen LogP contribution in [0.25, 0.3) is 16.6 Å². The summed E-state index contributed by atoms with van der Waals surface area (Å²) in [4.78, 5) is 34.0. The number of para-hydroxylation sites is 1. The van der Waals surface area contributed by atoms with Crippen molar-refractivity contribution in [1.82, 2.24) is 14.5 Å². The quantitative estimate of drug-likeness (QED) is 0.234. The molecule has 1 atom stereocenters. The molecule has 1 unspecified atom stereocenters. The topological polar surface area (TPSA) is 67.2 Å². The molecule has 0 radical (unpaired) electrons. The van der Waals surface area contributed by atoms with Crippen molar-refractivity contribution in [3.63, 3.8) is 0 Å². The molecular weight excluding hydrogens is 522 g/mol. The predicted octanol–water partition coefficient (Wildman–Crippen LogP) is 7.12. The van der Waals surface area contributed by atoms with E-state index in [9.17, 15) is 18.4 Å². The minimum absolute atomic E-state index is 0.147. The highest BCUT2D eigenvalue weighted by atomic mass is 19.1. The number of aromatic nitrogens is 2. The van der Waals surface area contributed by atoms with Crippen LogP contribution in [0.15, 0.2) is 95.8 Å². The second-order valence-electron chi connectivity index (χ2n) is 10.1. The molecule has 41 heavy (non-hydrogen) atoms. The first-order chi connectivity index (χ1) is 19.7. The molecule has 0 aliphatic carbocycles. The minimum atomic E-state index is -0.884. The smallest absolute Gasteiger partial charge is 0.314 e. The maximum atomic E-state index is 14.5. The highest BCUT2D eigenvalue weighted by molar-refractivity contribution is 5.89. The zero-order valence-corrected chi connectivity index (χ0v) is 23.1. The first-order valence-corrected chi connectivity index (χ1v) is 13.4. The van der Waals surface area contributed by atoms with Crippen molar-refractivity contribution in [2.45, 2.75) is 33.2 Å². The lowest BCUT2D eigenvalue weighted by Crippen LogP contribution is -2.41. The monoisotopic (exact) mass is 552 g/mol. The Balaban J connectivity index is 1.62. The maximum Gasteiger partial charge on any atom is 0.322 e. The molecule has 0 saturated heterocycles. The van der Waals surface area contributed by atoms with Crippen molar-refractivity contribution < 1.29 is 13.6 Å². The van der Waals surface area contributed by atoms with Crippen molar-refractivity contribution in [2.24, 2.45) is 0 Å².